The number of likely N-dealkylation sites (tertiary alicyclic amines) is 1. The molecule has 1 unspecified atom stereocenters. The third-order valence-electron chi connectivity index (χ3n) is 9.14. The van der Waals surface area contributed by atoms with Crippen LogP contribution < -0.4 is 9.80 Å². The first-order valence-electron chi connectivity index (χ1n) is 14.6. The highest BCUT2D eigenvalue weighted by molar-refractivity contribution is 6.34. The summed E-state index contributed by atoms with van der Waals surface area (Å²) in [5.41, 5.74) is -0.243. The van der Waals surface area contributed by atoms with Gasteiger partial charge in [-0.2, -0.15) is 0 Å². The van der Waals surface area contributed by atoms with Gasteiger partial charge in [-0.3, -0.25) is 14.4 Å². The lowest BCUT2D eigenvalue weighted by Crippen LogP contribution is -2.56. The zero-order valence-corrected chi connectivity index (χ0v) is 24.7. The number of rotatable bonds is 7. The summed E-state index contributed by atoms with van der Waals surface area (Å²) in [5, 5.41) is 9.77. The molecular weight excluding hydrogens is 554 g/mol. The standard InChI is InChI=1S/C33H36ClN3O5/c1-22-12-9-15-24(34)27(22)36-20-11-17-33-26(30(40)37(28(33)31(36)41)18-7-4-8-21-38)25-29(39)35(23-13-5-3-6-14-23)19-10-16-32(25,2)42-33/h3,5-6,9-17,25-26,28,38H,4,7-8,18-21H2,1-2H3/t25-,26-,28?,32+,33-/m0/s1. The number of benzene rings is 2. The molecule has 4 aliphatic rings. The van der Waals surface area contributed by atoms with E-state index < -0.39 is 29.1 Å². The number of hydrogen-bond donors (Lipinski definition) is 1. The van der Waals surface area contributed by atoms with Gasteiger partial charge < -0.3 is 24.5 Å². The quantitative estimate of drug-likeness (QED) is 0.384. The summed E-state index contributed by atoms with van der Waals surface area (Å²) in [7, 11) is 0. The summed E-state index contributed by atoms with van der Waals surface area (Å²) in [4.78, 5) is 48.5. The zero-order valence-electron chi connectivity index (χ0n) is 23.9. The van der Waals surface area contributed by atoms with E-state index >= 15 is 0 Å². The van der Waals surface area contributed by atoms with E-state index in [-0.39, 0.29) is 30.9 Å². The maximum Gasteiger partial charge on any atom is 0.253 e. The second-order valence-electron chi connectivity index (χ2n) is 11.8. The Hall–Kier alpha value is -3.46. The maximum atomic E-state index is 14.7. The number of aliphatic hydroxyl groups excluding tert-OH is 1. The number of ether oxygens (including phenoxy) is 1. The van der Waals surface area contributed by atoms with E-state index in [9.17, 15) is 19.5 Å². The minimum atomic E-state index is -1.34. The molecule has 2 saturated heterocycles. The van der Waals surface area contributed by atoms with Crippen molar-refractivity contribution in [3.63, 3.8) is 0 Å². The van der Waals surface area contributed by atoms with Crippen LogP contribution in [0.4, 0.5) is 11.4 Å². The summed E-state index contributed by atoms with van der Waals surface area (Å²) < 4.78 is 6.92. The lowest BCUT2D eigenvalue weighted by molar-refractivity contribution is -0.144. The van der Waals surface area contributed by atoms with Crippen LogP contribution in [0.2, 0.25) is 5.02 Å². The topological polar surface area (TPSA) is 90.4 Å². The second-order valence-corrected chi connectivity index (χ2v) is 12.2. The number of para-hydroxylation sites is 2. The molecular formula is C33H36ClN3O5. The Morgan fingerprint density at radius 1 is 0.881 bits per heavy atom. The number of aliphatic hydroxyl groups is 1. The summed E-state index contributed by atoms with van der Waals surface area (Å²) in [5.74, 6) is -2.47. The molecule has 1 spiro atoms. The van der Waals surface area contributed by atoms with Crippen LogP contribution in [-0.2, 0) is 19.1 Å². The molecule has 6 rings (SSSR count). The molecule has 8 nitrogen and oxygen atoms in total. The van der Waals surface area contributed by atoms with Gasteiger partial charge in [-0.25, -0.2) is 0 Å². The SMILES string of the molecule is Cc1cccc(Cl)c1N1CC=C[C@]23O[C@]4(C)C=CCN(c5ccccc5)C(=O)[C@@H]4[C@H]2C(=O)N(CCCCCO)C3C1=O. The van der Waals surface area contributed by atoms with Crippen molar-refractivity contribution in [2.45, 2.75) is 50.4 Å². The largest absolute Gasteiger partial charge is 0.396 e. The zero-order chi connectivity index (χ0) is 29.6. The highest BCUT2D eigenvalue weighted by Gasteiger charge is 2.74. The molecule has 9 heteroatoms. The fraction of sp³-hybridized carbons (Fsp3) is 0.424. The van der Waals surface area contributed by atoms with Crippen LogP contribution in [0.25, 0.3) is 0 Å². The molecule has 0 aromatic heterocycles. The summed E-state index contributed by atoms with van der Waals surface area (Å²) in [6, 6.07) is 13.9. The molecule has 2 aromatic rings. The van der Waals surface area contributed by atoms with Crippen LogP contribution in [0.5, 0.6) is 0 Å². The third kappa shape index (κ3) is 4.39. The van der Waals surface area contributed by atoms with Gasteiger partial charge in [0.25, 0.3) is 5.91 Å². The number of anilines is 2. The van der Waals surface area contributed by atoms with Crippen LogP contribution in [0, 0.1) is 18.8 Å². The molecule has 2 fully saturated rings. The van der Waals surface area contributed by atoms with Crippen molar-refractivity contribution in [3.8, 4) is 0 Å². The van der Waals surface area contributed by atoms with Crippen LogP contribution >= 0.6 is 11.6 Å². The highest BCUT2D eigenvalue weighted by Crippen LogP contribution is 2.58. The minimum absolute atomic E-state index is 0.0604. The van der Waals surface area contributed by atoms with Crippen molar-refractivity contribution in [2.24, 2.45) is 11.8 Å². The first-order chi connectivity index (χ1) is 20.2. The van der Waals surface area contributed by atoms with Gasteiger partial charge in [0, 0.05) is 31.9 Å². The van der Waals surface area contributed by atoms with E-state index in [0.717, 1.165) is 11.3 Å². The fourth-order valence-corrected chi connectivity index (χ4v) is 7.66. The molecule has 4 heterocycles. The fourth-order valence-electron chi connectivity index (χ4n) is 7.34. The number of nitrogens with zero attached hydrogens (tertiary/aromatic N) is 3. The van der Waals surface area contributed by atoms with E-state index in [2.05, 4.69) is 0 Å². The first-order valence-corrected chi connectivity index (χ1v) is 15.0. The molecule has 4 aliphatic heterocycles. The predicted octanol–water partition coefficient (Wildman–Crippen LogP) is 4.29. The van der Waals surface area contributed by atoms with Crippen molar-refractivity contribution < 1.29 is 24.2 Å². The number of amides is 3. The van der Waals surface area contributed by atoms with Gasteiger partial charge in [-0.05, 0) is 56.9 Å². The van der Waals surface area contributed by atoms with Gasteiger partial charge in [0.05, 0.1) is 28.1 Å². The van der Waals surface area contributed by atoms with Gasteiger partial charge in [-0.1, -0.05) is 66.2 Å². The van der Waals surface area contributed by atoms with Crippen molar-refractivity contribution in [3.05, 3.63) is 83.4 Å². The van der Waals surface area contributed by atoms with Crippen molar-refractivity contribution in [2.75, 3.05) is 36.0 Å². The molecule has 2 aromatic carbocycles. The van der Waals surface area contributed by atoms with E-state index in [1.165, 1.54) is 0 Å². The number of hydrogen-bond acceptors (Lipinski definition) is 5. The van der Waals surface area contributed by atoms with Gasteiger partial charge in [-0.15, -0.1) is 0 Å². The van der Waals surface area contributed by atoms with Crippen molar-refractivity contribution in [1.82, 2.24) is 4.90 Å². The van der Waals surface area contributed by atoms with E-state index in [1.807, 2.05) is 80.6 Å². The summed E-state index contributed by atoms with van der Waals surface area (Å²) in [6.45, 7) is 4.74. The normalized spacial score (nSPS) is 30.3. The third-order valence-corrected chi connectivity index (χ3v) is 9.45. The predicted molar refractivity (Wildman–Crippen MR) is 161 cm³/mol. The van der Waals surface area contributed by atoms with Gasteiger partial charge in [0.15, 0.2) is 0 Å². The highest BCUT2D eigenvalue weighted by atomic mass is 35.5. The molecule has 0 aliphatic carbocycles. The Balaban J connectivity index is 1.46. The summed E-state index contributed by atoms with van der Waals surface area (Å²) in [6.07, 6.45) is 9.44. The Morgan fingerprint density at radius 2 is 1.62 bits per heavy atom. The Bertz CT molecular complexity index is 1440. The van der Waals surface area contributed by atoms with Gasteiger partial charge in [0.2, 0.25) is 11.8 Å². The van der Waals surface area contributed by atoms with E-state index in [0.29, 0.717) is 43.1 Å². The van der Waals surface area contributed by atoms with Crippen LogP contribution in [0.15, 0.2) is 72.8 Å². The van der Waals surface area contributed by atoms with Gasteiger partial charge in [0.1, 0.15) is 11.6 Å². The Kier molecular flexibility index (Phi) is 7.50. The van der Waals surface area contributed by atoms with E-state index in [4.69, 9.17) is 16.3 Å². The molecule has 0 saturated carbocycles. The number of aryl methyl sites for hydroxylation is 1. The first kappa shape index (κ1) is 28.6. The van der Waals surface area contributed by atoms with Gasteiger partial charge >= 0.3 is 0 Å². The number of halogens is 1. The second kappa shape index (κ2) is 11.0. The average molecular weight is 590 g/mol. The van der Waals surface area contributed by atoms with Crippen molar-refractivity contribution in [1.29, 1.82) is 0 Å². The monoisotopic (exact) mass is 589 g/mol. The lowest BCUT2D eigenvalue weighted by Gasteiger charge is -2.37. The lowest BCUT2D eigenvalue weighted by atomic mass is 9.74. The molecule has 0 radical (unpaired) electrons. The maximum absolute atomic E-state index is 14.7. The minimum Gasteiger partial charge on any atom is -0.396 e. The number of unbranched alkanes of at least 4 members (excludes halogenated alkanes) is 2. The Morgan fingerprint density at radius 3 is 2.36 bits per heavy atom. The average Bonchev–Trinajstić information content (AvgIpc) is 3.23. The van der Waals surface area contributed by atoms with Crippen LogP contribution in [0.3, 0.4) is 0 Å². The van der Waals surface area contributed by atoms with E-state index in [1.54, 1.807) is 20.8 Å². The van der Waals surface area contributed by atoms with Crippen LogP contribution in [0.1, 0.15) is 31.7 Å². The van der Waals surface area contributed by atoms with Crippen molar-refractivity contribution >= 4 is 40.7 Å². The number of carbonyl (C=O) groups excluding carboxylic acids is 3. The molecule has 5 atom stereocenters. The number of fused-ring (bicyclic) bond motifs is 2. The Labute approximate surface area is 251 Å². The summed E-state index contributed by atoms with van der Waals surface area (Å²) >= 11 is 6.64. The molecule has 42 heavy (non-hydrogen) atoms. The smallest absolute Gasteiger partial charge is 0.253 e. The molecule has 1 N–H and O–H groups in total. The van der Waals surface area contributed by atoms with Crippen LogP contribution in [-0.4, -0.2) is 71.2 Å². The molecule has 3 amide bonds. The number of carbonyl (C=O) groups is 3. The molecule has 220 valence electrons. The molecule has 0 bridgehead atoms.